The molecule has 0 spiro atoms. The molecule has 1 unspecified atom stereocenters. The van der Waals surface area contributed by atoms with Crippen molar-refractivity contribution in [2.75, 3.05) is 24.5 Å². The first-order valence-corrected chi connectivity index (χ1v) is 8.56. The number of halogens is 7. The lowest BCUT2D eigenvalue weighted by Crippen LogP contribution is -2.42. The largest absolute Gasteiger partial charge is 0.433 e. The Morgan fingerprint density at radius 2 is 1.87 bits per heavy atom. The Kier molecular flexibility index (Phi) is 6.80. The summed E-state index contributed by atoms with van der Waals surface area (Å²) in [7, 11) is 0. The second kappa shape index (κ2) is 8.49. The lowest BCUT2D eigenvalue weighted by Gasteiger charge is -2.27. The second-order valence-electron chi connectivity index (χ2n) is 6.84. The zero-order valence-corrected chi connectivity index (χ0v) is 16.0. The molecule has 0 bridgehead atoms. The van der Waals surface area contributed by atoms with E-state index in [0.29, 0.717) is 17.4 Å². The van der Waals surface area contributed by atoms with Gasteiger partial charge in [-0.15, -0.1) is 12.4 Å². The number of nitriles is 1. The van der Waals surface area contributed by atoms with Crippen LogP contribution in [-0.4, -0.2) is 55.0 Å². The Morgan fingerprint density at radius 3 is 2.37 bits per heavy atom. The van der Waals surface area contributed by atoms with Crippen LogP contribution < -0.4 is 10.6 Å². The minimum absolute atomic E-state index is 0. The van der Waals surface area contributed by atoms with Gasteiger partial charge in [0.1, 0.15) is 0 Å². The molecular weight excluding hydrogens is 442 g/mol. The number of hydrogen-bond acceptors (Lipinski definition) is 5. The number of nitrogens with zero attached hydrogens (tertiary/aromatic N) is 3. The number of alkyl halides is 6. The summed E-state index contributed by atoms with van der Waals surface area (Å²) in [5.74, 6) is -0.695. The maximum Gasteiger partial charge on any atom is 0.433 e. The molecule has 13 heteroatoms. The second-order valence-corrected chi connectivity index (χ2v) is 6.84. The van der Waals surface area contributed by atoms with Gasteiger partial charge in [0.05, 0.1) is 23.7 Å². The fourth-order valence-corrected chi connectivity index (χ4v) is 3.41. The van der Waals surface area contributed by atoms with Crippen molar-refractivity contribution in [3.8, 4) is 6.07 Å². The van der Waals surface area contributed by atoms with Crippen molar-refractivity contribution in [1.82, 2.24) is 4.90 Å². The van der Waals surface area contributed by atoms with Crippen molar-refractivity contribution < 1.29 is 35.9 Å². The number of anilines is 1. The molecule has 2 N–H and O–H groups in total. The van der Waals surface area contributed by atoms with E-state index in [-0.39, 0.29) is 31.5 Å². The van der Waals surface area contributed by atoms with Gasteiger partial charge in [0.2, 0.25) is 6.23 Å². The van der Waals surface area contributed by atoms with E-state index in [2.05, 4.69) is 0 Å². The van der Waals surface area contributed by atoms with Gasteiger partial charge >= 0.3 is 12.4 Å². The Bertz CT molecular complexity index is 841. The fraction of sp³-hybridized carbons (Fsp3) is 0.529. The number of carbonyl (C=O) groups is 1. The highest BCUT2D eigenvalue weighted by Crippen LogP contribution is 2.39. The Labute approximate surface area is 173 Å². The molecule has 2 aliphatic rings. The van der Waals surface area contributed by atoms with Gasteiger partial charge in [-0.3, -0.25) is 4.79 Å². The van der Waals surface area contributed by atoms with E-state index in [0.717, 1.165) is 12.1 Å². The molecule has 0 saturated carbocycles. The summed E-state index contributed by atoms with van der Waals surface area (Å²) >= 11 is 0. The minimum Gasteiger partial charge on any atom is -0.339 e. The summed E-state index contributed by atoms with van der Waals surface area (Å²) in [5.41, 5.74) is 3.17. The molecule has 2 saturated heterocycles. The average Bonchev–Trinajstić information content (AvgIpc) is 3.26. The molecule has 6 nitrogen and oxygen atoms in total. The van der Waals surface area contributed by atoms with Crippen molar-refractivity contribution in [1.29, 1.82) is 5.26 Å². The van der Waals surface area contributed by atoms with E-state index in [1.165, 1.54) is 11.0 Å². The van der Waals surface area contributed by atoms with Crippen LogP contribution in [0.3, 0.4) is 0 Å². The Morgan fingerprint density at radius 1 is 1.20 bits per heavy atom. The summed E-state index contributed by atoms with van der Waals surface area (Å²) in [5, 5.41) is 8.85. The van der Waals surface area contributed by atoms with Crippen LogP contribution in [0, 0.1) is 11.3 Å². The van der Waals surface area contributed by atoms with Crippen LogP contribution in [0.4, 0.5) is 32.0 Å². The first-order chi connectivity index (χ1) is 13.4. The van der Waals surface area contributed by atoms with Crippen LogP contribution in [0.15, 0.2) is 18.2 Å². The van der Waals surface area contributed by atoms with E-state index in [9.17, 15) is 31.1 Å². The zero-order chi connectivity index (χ0) is 21.6. The van der Waals surface area contributed by atoms with Gasteiger partial charge in [0, 0.05) is 24.8 Å². The molecular formula is C17H17ClF6N4O2. The summed E-state index contributed by atoms with van der Waals surface area (Å²) in [6.45, 7) is -0.145. The molecule has 0 aromatic heterocycles. The van der Waals surface area contributed by atoms with Gasteiger partial charge in [-0.1, -0.05) is 0 Å². The maximum atomic E-state index is 13.5. The van der Waals surface area contributed by atoms with Gasteiger partial charge in [-0.25, -0.2) is 0 Å². The molecule has 30 heavy (non-hydrogen) atoms. The standard InChI is InChI=1S/C17H16F6N4O2.ClH/c18-16(19,20)12-5-11(2-1-9(12)6-24)27-8-13(29-15(27)17(21,22)23)14(28)26-4-3-10(25)7-26;/h1-2,5,10,13,15H,3-4,7-8,25H2;1H/t10?,13-,15+;/m0./s1. The average molecular weight is 459 g/mol. The number of likely N-dealkylation sites (tertiary alicyclic amines) is 1. The molecule has 166 valence electrons. The van der Waals surface area contributed by atoms with Gasteiger partial charge in [-0.2, -0.15) is 31.6 Å². The predicted molar refractivity (Wildman–Crippen MR) is 94.6 cm³/mol. The van der Waals surface area contributed by atoms with Crippen molar-refractivity contribution >= 4 is 24.0 Å². The van der Waals surface area contributed by atoms with Crippen LogP contribution >= 0.6 is 12.4 Å². The highest BCUT2D eigenvalue weighted by molar-refractivity contribution is 5.85. The van der Waals surface area contributed by atoms with Gasteiger partial charge in [0.15, 0.2) is 6.10 Å². The van der Waals surface area contributed by atoms with E-state index >= 15 is 0 Å². The molecule has 1 aromatic carbocycles. The number of ether oxygens (including phenoxy) is 1. The third kappa shape index (κ3) is 4.74. The number of amides is 1. The van der Waals surface area contributed by atoms with Crippen LogP contribution in [-0.2, 0) is 15.7 Å². The topological polar surface area (TPSA) is 82.6 Å². The van der Waals surface area contributed by atoms with Crippen molar-refractivity contribution in [3.63, 3.8) is 0 Å². The van der Waals surface area contributed by atoms with Crippen molar-refractivity contribution in [2.45, 2.75) is 37.1 Å². The van der Waals surface area contributed by atoms with Crippen LogP contribution in [0.5, 0.6) is 0 Å². The number of benzene rings is 1. The van der Waals surface area contributed by atoms with Crippen LogP contribution in [0.2, 0.25) is 0 Å². The Hall–Kier alpha value is -2.23. The number of nitrogens with two attached hydrogens (primary N) is 1. The molecule has 1 aromatic rings. The quantitative estimate of drug-likeness (QED) is 0.689. The summed E-state index contributed by atoms with van der Waals surface area (Å²) < 4.78 is 84.9. The molecule has 1 amide bonds. The number of hydrogen-bond donors (Lipinski definition) is 1. The summed E-state index contributed by atoms with van der Waals surface area (Å²) in [6.07, 6.45) is -13.5. The lowest BCUT2D eigenvalue weighted by atomic mass is 10.1. The summed E-state index contributed by atoms with van der Waals surface area (Å²) in [4.78, 5) is 14.3. The SMILES string of the molecule is Cl.N#Cc1ccc(N2C[C@@H](C(=O)N3CCC(N)C3)O[C@@H]2C(F)(F)F)cc1C(F)(F)F. The van der Waals surface area contributed by atoms with E-state index in [1.54, 1.807) is 0 Å². The normalized spacial score (nSPS) is 24.5. The third-order valence-electron chi connectivity index (χ3n) is 4.79. The Balaban J connectivity index is 0.00000320. The molecule has 3 atom stereocenters. The van der Waals surface area contributed by atoms with Gasteiger partial charge < -0.3 is 20.3 Å². The van der Waals surface area contributed by atoms with Crippen LogP contribution in [0.1, 0.15) is 17.5 Å². The molecule has 0 radical (unpaired) electrons. The fourth-order valence-electron chi connectivity index (χ4n) is 3.41. The zero-order valence-electron chi connectivity index (χ0n) is 15.2. The molecule has 3 rings (SSSR count). The van der Waals surface area contributed by atoms with Crippen molar-refractivity contribution in [3.05, 3.63) is 29.3 Å². The van der Waals surface area contributed by atoms with Crippen LogP contribution in [0.25, 0.3) is 0 Å². The van der Waals surface area contributed by atoms with Gasteiger partial charge in [-0.05, 0) is 24.6 Å². The minimum atomic E-state index is -4.96. The summed E-state index contributed by atoms with van der Waals surface area (Å²) in [6, 6.07) is 3.29. The first kappa shape index (κ1) is 24.0. The lowest BCUT2D eigenvalue weighted by molar-refractivity contribution is -0.214. The molecule has 0 aliphatic carbocycles. The number of rotatable bonds is 2. The van der Waals surface area contributed by atoms with E-state index in [1.807, 2.05) is 0 Å². The highest BCUT2D eigenvalue weighted by Gasteiger charge is 2.53. The number of carbonyl (C=O) groups excluding carboxylic acids is 1. The third-order valence-corrected chi connectivity index (χ3v) is 4.79. The predicted octanol–water partition coefficient (Wildman–Crippen LogP) is 2.65. The van der Waals surface area contributed by atoms with E-state index < -0.39 is 54.0 Å². The first-order valence-electron chi connectivity index (χ1n) is 8.56. The molecule has 2 heterocycles. The maximum absolute atomic E-state index is 13.5. The monoisotopic (exact) mass is 458 g/mol. The smallest absolute Gasteiger partial charge is 0.339 e. The van der Waals surface area contributed by atoms with Crippen molar-refractivity contribution in [2.24, 2.45) is 5.73 Å². The van der Waals surface area contributed by atoms with E-state index in [4.69, 9.17) is 15.7 Å². The van der Waals surface area contributed by atoms with Gasteiger partial charge in [0.25, 0.3) is 5.91 Å². The molecule has 2 aliphatic heterocycles. The molecule has 2 fully saturated rings. The highest BCUT2D eigenvalue weighted by atomic mass is 35.5.